The first-order valence-corrected chi connectivity index (χ1v) is 11.3. The minimum atomic E-state index is -1.36. The highest BCUT2D eigenvalue weighted by atomic mass is 19.1. The molecule has 2 fully saturated rings. The minimum absolute atomic E-state index is 0.0529. The smallest absolute Gasteiger partial charge is 0.255 e. The number of H-pyrrole nitrogens is 1. The zero-order valence-electron chi connectivity index (χ0n) is 18.9. The van der Waals surface area contributed by atoms with E-state index < -0.39 is 23.9 Å². The number of hydrogen-bond donors (Lipinski definition) is 2. The summed E-state index contributed by atoms with van der Waals surface area (Å²) in [7, 11) is 0. The SMILES string of the molecule is CC(=O)N1C[C@H](NC(=O)c2c(C)[nH]c3c(-c4cc(F)ccc4OCC4CC4)ncnc23)[C@@H](F)C1. The zero-order chi connectivity index (χ0) is 24.0. The monoisotopic (exact) mass is 469 g/mol. The third-order valence-corrected chi connectivity index (χ3v) is 6.38. The number of benzene rings is 1. The molecular formula is C24H25F2N5O3. The molecule has 3 heterocycles. The summed E-state index contributed by atoms with van der Waals surface area (Å²) in [4.78, 5) is 37.9. The number of carbonyl (C=O) groups excluding carboxylic acids is 2. The Labute approximate surface area is 194 Å². The van der Waals surface area contributed by atoms with Gasteiger partial charge in [0.25, 0.3) is 5.91 Å². The van der Waals surface area contributed by atoms with Gasteiger partial charge in [0.05, 0.1) is 30.3 Å². The van der Waals surface area contributed by atoms with Crippen molar-refractivity contribution in [2.75, 3.05) is 19.7 Å². The third-order valence-electron chi connectivity index (χ3n) is 6.38. The summed E-state index contributed by atoms with van der Waals surface area (Å²) in [5, 5.41) is 2.70. The summed E-state index contributed by atoms with van der Waals surface area (Å²) in [6.07, 6.45) is 2.19. The third kappa shape index (κ3) is 4.20. The van der Waals surface area contributed by atoms with Crippen LogP contribution in [0.3, 0.4) is 0 Å². The van der Waals surface area contributed by atoms with Gasteiger partial charge in [-0.05, 0) is 43.9 Å². The van der Waals surface area contributed by atoms with Crippen LogP contribution in [0.15, 0.2) is 24.5 Å². The Balaban J connectivity index is 1.48. The second-order valence-electron chi connectivity index (χ2n) is 8.99. The van der Waals surface area contributed by atoms with Crippen LogP contribution in [0.4, 0.5) is 8.78 Å². The van der Waals surface area contributed by atoms with Crippen molar-refractivity contribution in [3.8, 4) is 17.0 Å². The van der Waals surface area contributed by atoms with Crippen molar-refractivity contribution in [2.45, 2.75) is 38.9 Å². The van der Waals surface area contributed by atoms with Gasteiger partial charge in [0.2, 0.25) is 5.91 Å². The van der Waals surface area contributed by atoms with Gasteiger partial charge in [0.15, 0.2) is 0 Å². The van der Waals surface area contributed by atoms with Crippen LogP contribution in [-0.4, -0.2) is 63.6 Å². The average molecular weight is 469 g/mol. The minimum Gasteiger partial charge on any atom is -0.493 e. The molecule has 178 valence electrons. The molecule has 1 aliphatic heterocycles. The van der Waals surface area contributed by atoms with Gasteiger partial charge in [-0.25, -0.2) is 18.7 Å². The maximum absolute atomic E-state index is 14.4. The summed E-state index contributed by atoms with van der Waals surface area (Å²) in [6.45, 7) is 3.68. The van der Waals surface area contributed by atoms with Gasteiger partial charge in [0.1, 0.15) is 35.3 Å². The Hall–Kier alpha value is -3.56. The molecule has 2 aromatic heterocycles. The van der Waals surface area contributed by atoms with Crippen LogP contribution in [0, 0.1) is 18.7 Å². The number of aromatic amines is 1. The Bertz CT molecular complexity index is 1270. The molecule has 1 aromatic carbocycles. The van der Waals surface area contributed by atoms with E-state index in [9.17, 15) is 18.4 Å². The topological polar surface area (TPSA) is 100 Å². The predicted octanol–water partition coefficient (Wildman–Crippen LogP) is 3.16. The number of hydrogen-bond acceptors (Lipinski definition) is 5. The molecule has 3 aromatic rings. The lowest BCUT2D eigenvalue weighted by atomic mass is 10.1. The highest BCUT2D eigenvalue weighted by Gasteiger charge is 2.36. The second kappa shape index (κ2) is 8.66. The van der Waals surface area contributed by atoms with Crippen molar-refractivity contribution >= 4 is 22.8 Å². The molecule has 10 heteroatoms. The van der Waals surface area contributed by atoms with E-state index in [1.165, 1.54) is 30.3 Å². The molecule has 0 bridgehead atoms. The molecule has 1 aliphatic carbocycles. The van der Waals surface area contributed by atoms with E-state index in [4.69, 9.17) is 4.74 Å². The van der Waals surface area contributed by atoms with Gasteiger partial charge >= 0.3 is 0 Å². The summed E-state index contributed by atoms with van der Waals surface area (Å²) in [6, 6.07) is 3.45. The second-order valence-corrected chi connectivity index (χ2v) is 8.99. The van der Waals surface area contributed by atoms with Crippen LogP contribution < -0.4 is 10.1 Å². The highest BCUT2D eigenvalue weighted by molar-refractivity contribution is 6.09. The predicted molar refractivity (Wildman–Crippen MR) is 121 cm³/mol. The van der Waals surface area contributed by atoms with Crippen molar-refractivity contribution in [1.29, 1.82) is 0 Å². The van der Waals surface area contributed by atoms with Crippen LogP contribution in [0.2, 0.25) is 0 Å². The highest BCUT2D eigenvalue weighted by Crippen LogP contribution is 2.36. The Morgan fingerprint density at radius 3 is 2.76 bits per heavy atom. The Kier molecular flexibility index (Phi) is 5.66. The summed E-state index contributed by atoms with van der Waals surface area (Å²) in [5.41, 5.74) is 2.43. The van der Waals surface area contributed by atoms with E-state index in [-0.39, 0.29) is 24.6 Å². The van der Waals surface area contributed by atoms with Crippen molar-refractivity contribution in [1.82, 2.24) is 25.2 Å². The number of rotatable bonds is 6. The molecule has 2 N–H and O–H groups in total. The van der Waals surface area contributed by atoms with Gasteiger partial charge < -0.3 is 19.9 Å². The van der Waals surface area contributed by atoms with Crippen LogP contribution in [0.5, 0.6) is 5.75 Å². The normalized spacial score (nSPS) is 20.1. The molecular weight excluding hydrogens is 444 g/mol. The zero-order valence-corrected chi connectivity index (χ0v) is 18.9. The lowest BCUT2D eigenvalue weighted by Crippen LogP contribution is -2.41. The molecule has 0 radical (unpaired) electrons. The molecule has 0 unspecified atom stereocenters. The van der Waals surface area contributed by atoms with Crippen molar-refractivity contribution < 1.29 is 23.1 Å². The number of fused-ring (bicyclic) bond motifs is 1. The average Bonchev–Trinajstić information content (AvgIpc) is 3.46. The van der Waals surface area contributed by atoms with Crippen LogP contribution in [-0.2, 0) is 4.79 Å². The van der Waals surface area contributed by atoms with E-state index in [0.29, 0.717) is 46.3 Å². The molecule has 2 amide bonds. The van der Waals surface area contributed by atoms with E-state index in [1.807, 2.05) is 0 Å². The number of aromatic nitrogens is 3. The van der Waals surface area contributed by atoms with Gasteiger partial charge in [0, 0.05) is 24.7 Å². The fraction of sp³-hybridized carbons (Fsp3) is 0.417. The fourth-order valence-electron chi connectivity index (χ4n) is 4.31. The molecule has 8 nitrogen and oxygen atoms in total. The molecule has 5 rings (SSSR count). The Morgan fingerprint density at radius 1 is 1.26 bits per heavy atom. The number of aryl methyl sites for hydroxylation is 1. The molecule has 2 aliphatic rings. The standard InChI is InChI=1S/C24H25F2N5O3/c1-12-20(24(33)30-18-9-31(13(2)32)8-17(18)26)22-23(29-12)21(27-11-28-22)16-7-15(25)5-6-19(16)34-10-14-3-4-14/h5-7,11,14,17-18,29H,3-4,8-10H2,1-2H3,(H,30,33)/t17-,18-/m0/s1. The largest absolute Gasteiger partial charge is 0.493 e. The quantitative estimate of drug-likeness (QED) is 0.578. The number of nitrogens with one attached hydrogen (secondary N) is 2. The fourth-order valence-corrected chi connectivity index (χ4v) is 4.31. The van der Waals surface area contributed by atoms with Crippen molar-refractivity contribution in [3.05, 3.63) is 41.6 Å². The van der Waals surface area contributed by atoms with E-state index in [0.717, 1.165) is 12.8 Å². The van der Waals surface area contributed by atoms with Crippen LogP contribution in [0.25, 0.3) is 22.3 Å². The summed E-state index contributed by atoms with van der Waals surface area (Å²) >= 11 is 0. The van der Waals surface area contributed by atoms with Gasteiger partial charge in [-0.3, -0.25) is 9.59 Å². The molecule has 2 atom stereocenters. The molecule has 1 saturated heterocycles. The first-order valence-electron chi connectivity index (χ1n) is 11.3. The number of amides is 2. The number of nitrogens with zero attached hydrogens (tertiary/aromatic N) is 3. The number of halogens is 2. The number of ether oxygens (including phenoxy) is 1. The number of alkyl halides is 1. The van der Waals surface area contributed by atoms with E-state index >= 15 is 0 Å². The molecule has 34 heavy (non-hydrogen) atoms. The van der Waals surface area contributed by atoms with Gasteiger partial charge in [-0.1, -0.05) is 0 Å². The number of carbonyl (C=O) groups is 2. The van der Waals surface area contributed by atoms with Crippen LogP contribution in [0.1, 0.15) is 35.8 Å². The van der Waals surface area contributed by atoms with Crippen molar-refractivity contribution in [3.63, 3.8) is 0 Å². The maximum Gasteiger partial charge on any atom is 0.255 e. The molecule has 1 saturated carbocycles. The summed E-state index contributed by atoms with van der Waals surface area (Å²) in [5.74, 6) is -0.167. The first kappa shape index (κ1) is 22.2. The Morgan fingerprint density at radius 2 is 2.06 bits per heavy atom. The maximum atomic E-state index is 14.4. The lowest BCUT2D eigenvalue weighted by molar-refractivity contribution is -0.128. The van der Waals surface area contributed by atoms with E-state index in [2.05, 4.69) is 20.3 Å². The van der Waals surface area contributed by atoms with Crippen LogP contribution >= 0.6 is 0 Å². The summed E-state index contributed by atoms with van der Waals surface area (Å²) < 4.78 is 34.5. The van der Waals surface area contributed by atoms with Gasteiger partial charge in [-0.15, -0.1) is 0 Å². The van der Waals surface area contributed by atoms with E-state index in [1.54, 1.807) is 13.0 Å². The first-order chi connectivity index (χ1) is 16.3. The van der Waals surface area contributed by atoms with Crippen molar-refractivity contribution in [2.24, 2.45) is 5.92 Å². The molecule has 0 spiro atoms. The van der Waals surface area contributed by atoms with Gasteiger partial charge in [-0.2, -0.15) is 0 Å². The number of likely N-dealkylation sites (tertiary alicyclic amines) is 1. The lowest BCUT2D eigenvalue weighted by Gasteiger charge is -2.15.